The number of benzene rings is 1. The lowest BCUT2D eigenvalue weighted by Gasteiger charge is -2.11. The van der Waals surface area contributed by atoms with E-state index in [9.17, 15) is 9.59 Å². The maximum absolute atomic E-state index is 12.4. The highest BCUT2D eigenvalue weighted by molar-refractivity contribution is 8.00. The van der Waals surface area contributed by atoms with E-state index < -0.39 is 5.91 Å². The van der Waals surface area contributed by atoms with Crippen molar-refractivity contribution in [2.75, 3.05) is 11.1 Å². The second kappa shape index (κ2) is 7.22. The average molecular weight is 375 g/mol. The number of anilines is 1. The summed E-state index contributed by atoms with van der Waals surface area (Å²) in [6, 6.07) is 4.25. The van der Waals surface area contributed by atoms with E-state index in [1.54, 1.807) is 0 Å². The number of nitrogens with one attached hydrogen (secondary N) is 1. The Hall–Kier alpha value is -1.79. The lowest BCUT2D eigenvalue weighted by atomic mass is 10.1. The number of hydrogen-bond acceptors (Lipinski definition) is 4. The highest BCUT2D eigenvalue weighted by atomic mass is 32.2. The Labute approximate surface area is 156 Å². The number of carbonyl (C=O) groups is 2. The summed E-state index contributed by atoms with van der Waals surface area (Å²) >= 11 is 3.02. The summed E-state index contributed by atoms with van der Waals surface area (Å²) in [5.74, 6) is -0.245. The Kier molecular flexibility index (Phi) is 5.20. The van der Waals surface area contributed by atoms with Crippen molar-refractivity contribution >= 4 is 39.9 Å². The maximum Gasteiger partial charge on any atom is 0.251 e. The van der Waals surface area contributed by atoms with Crippen LogP contribution in [-0.2, 0) is 17.6 Å². The molecule has 0 atom stereocenters. The predicted octanol–water partition coefficient (Wildman–Crippen LogP) is 3.99. The standard InChI is InChI=1S/C19H22N2O2S2/c1-10-7-11(2)17(12(3)8-10)24-9-15(22)21-19-16(18(20)23)13-5-4-6-14(13)25-19/h7-8H,4-6,9H2,1-3H3,(H2,20,23)(H,21,22). The van der Waals surface area contributed by atoms with Crippen molar-refractivity contribution in [3.8, 4) is 0 Å². The summed E-state index contributed by atoms with van der Waals surface area (Å²) in [7, 11) is 0. The van der Waals surface area contributed by atoms with Gasteiger partial charge in [0.2, 0.25) is 5.91 Å². The van der Waals surface area contributed by atoms with Gasteiger partial charge in [0, 0.05) is 9.77 Å². The first-order valence-corrected chi connectivity index (χ1v) is 10.1. The zero-order valence-corrected chi connectivity index (χ0v) is 16.3. The van der Waals surface area contributed by atoms with Crippen LogP contribution in [-0.4, -0.2) is 17.6 Å². The molecule has 1 aliphatic carbocycles. The number of nitrogens with two attached hydrogens (primary N) is 1. The fourth-order valence-corrected chi connectivity index (χ4v) is 5.68. The lowest BCUT2D eigenvalue weighted by molar-refractivity contribution is -0.113. The van der Waals surface area contributed by atoms with Crippen LogP contribution in [0.15, 0.2) is 17.0 Å². The van der Waals surface area contributed by atoms with E-state index >= 15 is 0 Å². The van der Waals surface area contributed by atoms with E-state index in [-0.39, 0.29) is 5.91 Å². The molecule has 0 unspecified atom stereocenters. The van der Waals surface area contributed by atoms with Gasteiger partial charge >= 0.3 is 0 Å². The first-order chi connectivity index (χ1) is 11.9. The Morgan fingerprint density at radius 2 is 1.88 bits per heavy atom. The molecular formula is C19H22N2O2S2. The van der Waals surface area contributed by atoms with Crippen LogP contribution < -0.4 is 11.1 Å². The summed E-state index contributed by atoms with van der Waals surface area (Å²) in [5.41, 5.74) is 10.7. The zero-order valence-electron chi connectivity index (χ0n) is 14.7. The molecule has 0 spiro atoms. The van der Waals surface area contributed by atoms with E-state index in [0.717, 1.165) is 29.7 Å². The van der Waals surface area contributed by atoms with Gasteiger partial charge in [0.15, 0.2) is 0 Å². The summed E-state index contributed by atoms with van der Waals surface area (Å²) < 4.78 is 0. The van der Waals surface area contributed by atoms with Gasteiger partial charge in [-0.3, -0.25) is 9.59 Å². The summed E-state index contributed by atoms with van der Waals surface area (Å²) in [6.45, 7) is 6.20. The smallest absolute Gasteiger partial charge is 0.251 e. The Morgan fingerprint density at radius 3 is 2.52 bits per heavy atom. The van der Waals surface area contributed by atoms with E-state index in [1.165, 1.54) is 44.7 Å². The lowest BCUT2D eigenvalue weighted by Crippen LogP contribution is -2.19. The van der Waals surface area contributed by atoms with Crippen LogP contribution in [0.4, 0.5) is 5.00 Å². The molecule has 0 saturated carbocycles. The Balaban J connectivity index is 1.71. The maximum atomic E-state index is 12.4. The van der Waals surface area contributed by atoms with Crippen LogP contribution in [0.25, 0.3) is 0 Å². The third-order valence-electron chi connectivity index (χ3n) is 4.37. The van der Waals surface area contributed by atoms with Gasteiger partial charge in [-0.2, -0.15) is 0 Å². The molecule has 1 aliphatic rings. The summed E-state index contributed by atoms with van der Waals surface area (Å²) in [5, 5.41) is 3.51. The van der Waals surface area contributed by atoms with E-state index in [1.807, 2.05) is 0 Å². The molecule has 2 aromatic rings. The van der Waals surface area contributed by atoms with Gasteiger partial charge in [0.05, 0.1) is 11.3 Å². The van der Waals surface area contributed by atoms with Gasteiger partial charge in [-0.15, -0.1) is 23.1 Å². The highest BCUT2D eigenvalue weighted by Gasteiger charge is 2.26. The predicted molar refractivity (Wildman–Crippen MR) is 105 cm³/mol. The number of primary amides is 1. The van der Waals surface area contributed by atoms with Crippen LogP contribution in [0, 0.1) is 20.8 Å². The fourth-order valence-electron chi connectivity index (χ4n) is 3.45. The quantitative estimate of drug-likeness (QED) is 0.777. The molecule has 0 bridgehead atoms. The van der Waals surface area contributed by atoms with Crippen molar-refractivity contribution < 1.29 is 9.59 Å². The van der Waals surface area contributed by atoms with E-state index in [2.05, 4.69) is 38.2 Å². The number of rotatable bonds is 5. The molecule has 3 rings (SSSR count). The van der Waals surface area contributed by atoms with Crippen LogP contribution in [0.1, 0.15) is 43.9 Å². The number of amides is 2. The highest BCUT2D eigenvalue weighted by Crippen LogP contribution is 2.39. The molecule has 132 valence electrons. The molecular weight excluding hydrogens is 352 g/mol. The van der Waals surface area contributed by atoms with E-state index in [4.69, 9.17) is 5.73 Å². The largest absolute Gasteiger partial charge is 0.365 e. The first-order valence-electron chi connectivity index (χ1n) is 8.31. The molecule has 0 saturated heterocycles. The third kappa shape index (κ3) is 3.75. The number of fused-ring (bicyclic) bond motifs is 1. The molecule has 1 aromatic carbocycles. The van der Waals surface area contributed by atoms with E-state index in [0.29, 0.717) is 16.3 Å². The van der Waals surface area contributed by atoms with Gasteiger partial charge in [-0.25, -0.2) is 0 Å². The van der Waals surface area contributed by atoms with Crippen molar-refractivity contribution in [2.24, 2.45) is 5.73 Å². The second-order valence-electron chi connectivity index (χ2n) is 6.49. The molecule has 25 heavy (non-hydrogen) atoms. The molecule has 1 aromatic heterocycles. The molecule has 1 heterocycles. The van der Waals surface area contributed by atoms with Gasteiger partial charge in [0.1, 0.15) is 5.00 Å². The molecule has 0 aliphatic heterocycles. The number of thioether (sulfide) groups is 1. The minimum Gasteiger partial charge on any atom is -0.365 e. The second-order valence-corrected chi connectivity index (χ2v) is 8.58. The molecule has 0 fully saturated rings. The molecule has 3 N–H and O–H groups in total. The normalized spacial score (nSPS) is 12.9. The molecule has 2 amide bonds. The number of thiophene rings is 1. The SMILES string of the molecule is Cc1cc(C)c(SCC(=O)Nc2sc3c(c2C(N)=O)CCC3)c(C)c1. The molecule has 6 heteroatoms. The number of carbonyl (C=O) groups excluding carboxylic acids is 2. The minimum atomic E-state index is -0.451. The van der Waals surface area contributed by atoms with Crippen molar-refractivity contribution in [1.82, 2.24) is 0 Å². The average Bonchev–Trinajstić information content (AvgIpc) is 3.05. The van der Waals surface area contributed by atoms with Crippen molar-refractivity contribution in [3.05, 3.63) is 44.8 Å². The third-order valence-corrected chi connectivity index (χ3v) is 6.92. The summed E-state index contributed by atoms with van der Waals surface area (Å²) in [4.78, 5) is 26.5. The Morgan fingerprint density at radius 1 is 1.20 bits per heavy atom. The van der Waals surface area contributed by atoms with Crippen molar-refractivity contribution in [3.63, 3.8) is 0 Å². The van der Waals surface area contributed by atoms with Crippen LogP contribution in [0.2, 0.25) is 0 Å². The first kappa shape index (κ1) is 18.0. The fraction of sp³-hybridized carbons (Fsp3) is 0.368. The van der Waals surface area contributed by atoms with Gasteiger partial charge in [0.25, 0.3) is 5.91 Å². The molecule has 4 nitrogen and oxygen atoms in total. The van der Waals surface area contributed by atoms with Gasteiger partial charge in [-0.1, -0.05) is 17.7 Å². The number of hydrogen-bond donors (Lipinski definition) is 2. The van der Waals surface area contributed by atoms with Crippen molar-refractivity contribution in [2.45, 2.75) is 44.9 Å². The van der Waals surface area contributed by atoms with Gasteiger partial charge in [-0.05, 0) is 56.7 Å². The summed E-state index contributed by atoms with van der Waals surface area (Å²) in [6.07, 6.45) is 2.89. The monoisotopic (exact) mass is 374 g/mol. The topological polar surface area (TPSA) is 72.2 Å². The Bertz CT molecular complexity index is 832. The van der Waals surface area contributed by atoms with Crippen LogP contribution in [0.5, 0.6) is 0 Å². The van der Waals surface area contributed by atoms with Crippen LogP contribution in [0.3, 0.4) is 0 Å². The van der Waals surface area contributed by atoms with Crippen molar-refractivity contribution in [1.29, 1.82) is 0 Å². The minimum absolute atomic E-state index is 0.105. The van der Waals surface area contributed by atoms with Gasteiger partial charge < -0.3 is 11.1 Å². The molecule has 0 radical (unpaired) electrons. The zero-order chi connectivity index (χ0) is 18.1. The number of aryl methyl sites for hydroxylation is 4. The van der Waals surface area contributed by atoms with Crippen LogP contribution >= 0.6 is 23.1 Å².